The Morgan fingerprint density at radius 1 is 1.12 bits per heavy atom. The number of carbonyl (C=O) groups is 1. The van der Waals surface area contributed by atoms with Gasteiger partial charge in [-0.25, -0.2) is 0 Å². The Bertz CT molecular complexity index is 909. The van der Waals surface area contributed by atoms with E-state index in [1.165, 1.54) is 0 Å². The molecule has 0 saturated carbocycles. The summed E-state index contributed by atoms with van der Waals surface area (Å²) in [5.74, 6) is -0.0834. The first-order valence-electron chi connectivity index (χ1n) is 8.54. The summed E-state index contributed by atoms with van der Waals surface area (Å²) >= 11 is 0. The predicted octanol–water partition coefficient (Wildman–Crippen LogP) is 2.85. The minimum absolute atomic E-state index is 0.0834. The van der Waals surface area contributed by atoms with Gasteiger partial charge in [-0.1, -0.05) is 18.2 Å². The normalized spacial score (nSPS) is 11.6. The van der Waals surface area contributed by atoms with Gasteiger partial charge in [0.1, 0.15) is 0 Å². The average molecular weight is 353 g/mol. The maximum atomic E-state index is 12.4. The number of nitrogens with one attached hydrogen (secondary N) is 1. The molecule has 136 valence electrons. The Kier molecular flexibility index (Phi) is 5.99. The van der Waals surface area contributed by atoms with Gasteiger partial charge in [0.2, 0.25) is 5.91 Å². The molecule has 0 aliphatic carbocycles. The molecule has 2 heterocycles. The number of nitrogens with zero attached hydrogens (tertiary/aromatic N) is 2. The SMILES string of the molecule is COCCN(CCOC)C(=O)/C=C/c1cc2c(cn1)[nH]c1ccccc12. The van der Waals surface area contributed by atoms with E-state index in [1.807, 2.05) is 24.3 Å². The number of para-hydroxylation sites is 1. The molecule has 3 rings (SSSR count). The summed E-state index contributed by atoms with van der Waals surface area (Å²) in [7, 11) is 3.24. The van der Waals surface area contributed by atoms with Gasteiger partial charge in [0.25, 0.3) is 0 Å². The highest BCUT2D eigenvalue weighted by molar-refractivity contribution is 6.07. The van der Waals surface area contributed by atoms with Crippen molar-refractivity contribution in [2.24, 2.45) is 0 Å². The third-order valence-corrected chi connectivity index (χ3v) is 4.25. The summed E-state index contributed by atoms with van der Waals surface area (Å²) in [6.45, 7) is 2.03. The van der Waals surface area contributed by atoms with Gasteiger partial charge in [0.05, 0.1) is 30.6 Å². The van der Waals surface area contributed by atoms with Crippen molar-refractivity contribution in [2.75, 3.05) is 40.5 Å². The lowest BCUT2D eigenvalue weighted by molar-refractivity contribution is -0.127. The largest absolute Gasteiger partial charge is 0.383 e. The Morgan fingerprint density at radius 3 is 2.58 bits per heavy atom. The van der Waals surface area contributed by atoms with E-state index in [9.17, 15) is 4.79 Å². The zero-order valence-corrected chi connectivity index (χ0v) is 15.1. The highest BCUT2D eigenvalue weighted by Gasteiger charge is 2.10. The average Bonchev–Trinajstić information content (AvgIpc) is 3.04. The molecular weight excluding hydrogens is 330 g/mol. The number of ether oxygens (including phenoxy) is 2. The molecule has 1 amide bonds. The molecule has 6 heteroatoms. The molecule has 0 bridgehead atoms. The van der Waals surface area contributed by atoms with Crippen LogP contribution in [0.2, 0.25) is 0 Å². The van der Waals surface area contributed by atoms with Crippen LogP contribution in [-0.2, 0) is 14.3 Å². The lowest BCUT2D eigenvalue weighted by atomic mass is 10.1. The lowest BCUT2D eigenvalue weighted by Crippen LogP contribution is -2.35. The number of hydrogen-bond acceptors (Lipinski definition) is 4. The molecule has 0 radical (unpaired) electrons. The fourth-order valence-electron chi connectivity index (χ4n) is 2.85. The van der Waals surface area contributed by atoms with E-state index in [2.05, 4.69) is 16.0 Å². The summed E-state index contributed by atoms with van der Waals surface area (Å²) in [5, 5.41) is 2.24. The zero-order valence-electron chi connectivity index (χ0n) is 15.1. The zero-order chi connectivity index (χ0) is 18.4. The van der Waals surface area contributed by atoms with E-state index in [4.69, 9.17) is 9.47 Å². The van der Waals surface area contributed by atoms with Gasteiger partial charge in [-0.3, -0.25) is 9.78 Å². The van der Waals surface area contributed by atoms with Gasteiger partial charge >= 0.3 is 0 Å². The van der Waals surface area contributed by atoms with Crippen LogP contribution in [-0.4, -0.2) is 61.3 Å². The second-order valence-corrected chi connectivity index (χ2v) is 5.97. The Hall–Kier alpha value is -2.70. The van der Waals surface area contributed by atoms with Crippen molar-refractivity contribution in [2.45, 2.75) is 0 Å². The smallest absolute Gasteiger partial charge is 0.246 e. The standard InChI is InChI=1S/C20H23N3O3/c1-25-11-9-23(10-12-26-2)20(24)8-7-15-13-17-16-5-3-4-6-18(16)22-19(17)14-21-15/h3-8,13-14,22H,9-12H2,1-2H3/b8-7+. The first-order chi connectivity index (χ1) is 12.7. The molecule has 0 aliphatic rings. The minimum Gasteiger partial charge on any atom is -0.383 e. The molecule has 6 nitrogen and oxygen atoms in total. The Morgan fingerprint density at radius 2 is 1.85 bits per heavy atom. The van der Waals surface area contributed by atoms with E-state index >= 15 is 0 Å². The number of methoxy groups -OCH3 is 2. The molecule has 2 aromatic heterocycles. The molecule has 26 heavy (non-hydrogen) atoms. The number of amides is 1. The van der Waals surface area contributed by atoms with Gasteiger partial charge in [-0.2, -0.15) is 0 Å². The van der Waals surface area contributed by atoms with Crippen molar-refractivity contribution in [3.8, 4) is 0 Å². The highest BCUT2D eigenvalue weighted by Crippen LogP contribution is 2.25. The number of aromatic nitrogens is 2. The molecule has 0 saturated heterocycles. The number of fused-ring (bicyclic) bond motifs is 3. The minimum atomic E-state index is -0.0834. The van der Waals surface area contributed by atoms with Crippen LogP contribution in [0.5, 0.6) is 0 Å². The van der Waals surface area contributed by atoms with Crippen molar-refractivity contribution >= 4 is 33.8 Å². The van der Waals surface area contributed by atoms with Crippen LogP contribution in [0.15, 0.2) is 42.6 Å². The monoisotopic (exact) mass is 353 g/mol. The Labute approximate surface area is 152 Å². The van der Waals surface area contributed by atoms with Gasteiger partial charge in [0, 0.05) is 49.7 Å². The van der Waals surface area contributed by atoms with Crippen LogP contribution in [0.4, 0.5) is 0 Å². The topological polar surface area (TPSA) is 67.5 Å². The van der Waals surface area contributed by atoms with Crippen molar-refractivity contribution in [3.63, 3.8) is 0 Å². The molecule has 1 aromatic carbocycles. The number of rotatable bonds is 8. The van der Waals surface area contributed by atoms with Gasteiger partial charge in [-0.15, -0.1) is 0 Å². The highest BCUT2D eigenvalue weighted by atomic mass is 16.5. The fraction of sp³-hybridized carbons (Fsp3) is 0.300. The number of H-pyrrole nitrogens is 1. The van der Waals surface area contributed by atoms with E-state index in [0.717, 1.165) is 27.5 Å². The molecular formula is C20H23N3O3. The number of pyridine rings is 1. The Balaban J connectivity index is 1.79. The second-order valence-electron chi connectivity index (χ2n) is 5.97. The number of hydrogen-bond donors (Lipinski definition) is 1. The van der Waals surface area contributed by atoms with Crippen LogP contribution in [0.25, 0.3) is 27.9 Å². The van der Waals surface area contributed by atoms with Gasteiger partial charge in [-0.05, 0) is 18.2 Å². The van der Waals surface area contributed by atoms with Crippen LogP contribution in [0.1, 0.15) is 5.69 Å². The van der Waals surface area contributed by atoms with E-state index in [-0.39, 0.29) is 5.91 Å². The van der Waals surface area contributed by atoms with Gasteiger partial charge in [0.15, 0.2) is 0 Å². The number of benzene rings is 1. The third-order valence-electron chi connectivity index (χ3n) is 4.25. The quantitative estimate of drug-likeness (QED) is 0.632. The lowest BCUT2D eigenvalue weighted by Gasteiger charge is -2.20. The molecule has 0 spiro atoms. The van der Waals surface area contributed by atoms with Crippen LogP contribution >= 0.6 is 0 Å². The molecule has 0 atom stereocenters. The number of carbonyl (C=O) groups excluding carboxylic acids is 1. The first-order valence-corrected chi connectivity index (χ1v) is 8.54. The van der Waals surface area contributed by atoms with Crippen LogP contribution < -0.4 is 0 Å². The summed E-state index contributed by atoms with van der Waals surface area (Å²) in [6, 6.07) is 10.1. The summed E-state index contributed by atoms with van der Waals surface area (Å²) < 4.78 is 10.1. The van der Waals surface area contributed by atoms with E-state index in [1.54, 1.807) is 37.5 Å². The molecule has 0 fully saturated rings. The second kappa shape index (κ2) is 8.60. The maximum Gasteiger partial charge on any atom is 0.246 e. The van der Waals surface area contributed by atoms with Crippen molar-refractivity contribution in [1.29, 1.82) is 0 Å². The third kappa shape index (κ3) is 4.09. The van der Waals surface area contributed by atoms with Gasteiger partial charge < -0.3 is 19.4 Å². The van der Waals surface area contributed by atoms with E-state index < -0.39 is 0 Å². The summed E-state index contributed by atoms with van der Waals surface area (Å²) in [4.78, 5) is 21.9. The van der Waals surface area contributed by atoms with Crippen molar-refractivity contribution in [1.82, 2.24) is 14.9 Å². The predicted molar refractivity (Wildman–Crippen MR) is 103 cm³/mol. The molecule has 0 aliphatic heterocycles. The fourth-order valence-corrected chi connectivity index (χ4v) is 2.85. The van der Waals surface area contributed by atoms with Crippen molar-refractivity contribution in [3.05, 3.63) is 48.3 Å². The summed E-state index contributed by atoms with van der Waals surface area (Å²) in [6.07, 6.45) is 5.09. The van der Waals surface area contributed by atoms with Crippen LogP contribution in [0.3, 0.4) is 0 Å². The molecule has 1 N–H and O–H groups in total. The molecule has 0 unspecified atom stereocenters. The van der Waals surface area contributed by atoms with E-state index in [0.29, 0.717) is 26.3 Å². The number of aromatic amines is 1. The van der Waals surface area contributed by atoms with Crippen molar-refractivity contribution < 1.29 is 14.3 Å². The summed E-state index contributed by atoms with van der Waals surface area (Å²) in [5.41, 5.74) is 2.80. The van der Waals surface area contributed by atoms with Crippen LogP contribution in [0, 0.1) is 0 Å². The first kappa shape index (κ1) is 18.1. The maximum absolute atomic E-state index is 12.4. The molecule has 3 aromatic rings.